The number of rotatable bonds is 6. The number of hydrogen-bond donors (Lipinski definition) is 2. The summed E-state index contributed by atoms with van der Waals surface area (Å²) in [6.07, 6.45) is 0. The van der Waals surface area contributed by atoms with Gasteiger partial charge in [0, 0.05) is 23.4 Å². The summed E-state index contributed by atoms with van der Waals surface area (Å²) in [5.41, 5.74) is 2.67. The van der Waals surface area contributed by atoms with Gasteiger partial charge in [-0.25, -0.2) is 4.39 Å². The van der Waals surface area contributed by atoms with Gasteiger partial charge in [-0.1, -0.05) is 26.0 Å². The molecule has 3 aromatic rings. The first-order valence-corrected chi connectivity index (χ1v) is 8.76. The SMILES string of the molecule is CC(C)CNC(=O)c1ccc(Nc2ccc(-c3cccc(F)c3)nn2)cc1. The molecule has 0 radical (unpaired) electrons. The van der Waals surface area contributed by atoms with Gasteiger partial charge in [-0.15, -0.1) is 10.2 Å². The highest BCUT2D eigenvalue weighted by Crippen LogP contribution is 2.20. The van der Waals surface area contributed by atoms with Crippen molar-refractivity contribution in [2.24, 2.45) is 5.92 Å². The van der Waals surface area contributed by atoms with Crippen LogP contribution in [0.15, 0.2) is 60.7 Å². The van der Waals surface area contributed by atoms with Gasteiger partial charge in [0.05, 0.1) is 5.69 Å². The highest BCUT2D eigenvalue weighted by molar-refractivity contribution is 5.94. The lowest BCUT2D eigenvalue weighted by Gasteiger charge is -2.09. The van der Waals surface area contributed by atoms with Crippen LogP contribution >= 0.6 is 0 Å². The molecule has 3 rings (SSSR count). The van der Waals surface area contributed by atoms with Crippen LogP contribution in [0.4, 0.5) is 15.9 Å². The van der Waals surface area contributed by atoms with Crippen molar-refractivity contribution in [3.05, 3.63) is 72.0 Å². The summed E-state index contributed by atoms with van der Waals surface area (Å²) in [5.74, 6) is 0.569. The number of hydrogen-bond acceptors (Lipinski definition) is 4. The molecule has 2 aromatic carbocycles. The van der Waals surface area contributed by atoms with Gasteiger partial charge >= 0.3 is 0 Å². The number of halogens is 1. The molecule has 1 aromatic heterocycles. The molecular weight excluding hydrogens is 343 g/mol. The average molecular weight is 364 g/mol. The maximum absolute atomic E-state index is 13.3. The van der Waals surface area contributed by atoms with Crippen molar-refractivity contribution in [1.82, 2.24) is 15.5 Å². The van der Waals surface area contributed by atoms with E-state index in [2.05, 4.69) is 20.8 Å². The Morgan fingerprint density at radius 3 is 2.44 bits per heavy atom. The van der Waals surface area contributed by atoms with E-state index in [4.69, 9.17) is 0 Å². The number of amides is 1. The molecule has 0 saturated heterocycles. The number of nitrogens with zero attached hydrogens (tertiary/aromatic N) is 2. The molecule has 0 fully saturated rings. The largest absolute Gasteiger partial charge is 0.352 e. The number of anilines is 2. The van der Waals surface area contributed by atoms with Crippen LogP contribution in [0.2, 0.25) is 0 Å². The van der Waals surface area contributed by atoms with Gasteiger partial charge in [0.15, 0.2) is 5.82 Å². The summed E-state index contributed by atoms with van der Waals surface area (Å²) in [4.78, 5) is 12.0. The van der Waals surface area contributed by atoms with E-state index in [-0.39, 0.29) is 11.7 Å². The lowest BCUT2D eigenvalue weighted by molar-refractivity contribution is 0.0949. The topological polar surface area (TPSA) is 66.9 Å². The van der Waals surface area contributed by atoms with Crippen molar-refractivity contribution in [2.45, 2.75) is 13.8 Å². The van der Waals surface area contributed by atoms with E-state index in [0.29, 0.717) is 35.1 Å². The molecule has 5 nitrogen and oxygen atoms in total. The summed E-state index contributed by atoms with van der Waals surface area (Å²) < 4.78 is 13.3. The van der Waals surface area contributed by atoms with E-state index in [1.165, 1.54) is 12.1 Å². The Morgan fingerprint density at radius 1 is 1.04 bits per heavy atom. The summed E-state index contributed by atoms with van der Waals surface area (Å²) in [6.45, 7) is 4.74. The quantitative estimate of drug-likeness (QED) is 0.680. The fourth-order valence-corrected chi connectivity index (χ4v) is 2.45. The number of carbonyl (C=O) groups excluding carboxylic acids is 1. The standard InChI is InChI=1S/C21H21FN4O/c1-14(2)13-23-21(27)15-6-8-18(9-7-15)24-20-11-10-19(25-26-20)16-4-3-5-17(22)12-16/h3-12,14H,13H2,1-2H3,(H,23,27)(H,24,26). The molecule has 0 spiro atoms. The second-order valence-electron chi connectivity index (χ2n) is 6.62. The van der Waals surface area contributed by atoms with Crippen LogP contribution < -0.4 is 10.6 Å². The van der Waals surface area contributed by atoms with Crippen LogP contribution in [-0.2, 0) is 0 Å². The van der Waals surface area contributed by atoms with E-state index in [1.807, 2.05) is 26.0 Å². The number of benzene rings is 2. The first-order valence-electron chi connectivity index (χ1n) is 8.76. The Bertz CT molecular complexity index is 908. The highest BCUT2D eigenvalue weighted by atomic mass is 19.1. The first kappa shape index (κ1) is 18.5. The van der Waals surface area contributed by atoms with E-state index in [0.717, 1.165) is 5.69 Å². The second kappa shape index (κ2) is 8.40. The highest BCUT2D eigenvalue weighted by Gasteiger charge is 2.07. The van der Waals surface area contributed by atoms with Gasteiger partial charge < -0.3 is 10.6 Å². The Kier molecular flexibility index (Phi) is 5.76. The summed E-state index contributed by atoms with van der Waals surface area (Å²) >= 11 is 0. The van der Waals surface area contributed by atoms with Gasteiger partial charge in [-0.3, -0.25) is 4.79 Å². The number of aromatic nitrogens is 2. The minimum Gasteiger partial charge on any atom is -0.352 e. The molecule has 1 heterocycles. The Balaban J connectivity index is 1.64. The van der Waals surface area contributed by atoms with Gasteiger partial charge in [0.2, 0.25) is 0 Å². The minimum atomic E-state index is -0.311. The molecule has 0 aliphatic rings. The van der Waals surface area contributed by atoms with Crippen molar-refractivity contribution in [2.75, 3.05) is 11.9 Å². The first-order chi connectivity index (χ1) is 13.0. The normalized spacial score (nSPS) is 10.7. The molecular formula is C21H21FN4O. The fourth-order valence-electron chi connectivity index (χ4n) is 2.45. The third-order valence-electron chi connectivity index (χ3n) is 3.88. The number of carbonyl (C=O) groups is 1. The van der Waals surface area contributed by atoms with E-state index >= 15 is 0 Å². The van der Waals surface area contributed by atoms with Crippen LogP contribution in [0.25, 0.3) is 11.3 Å². The van der Waals surface area contributed by atoms with Gasteiger partial charge in [0.1, 0.15) is 5.82 Å². The Morgan fingerprint density at radius 2 is 1.81 bits per heavy atom. The summed E-state index contributed by atoms with van der Waals surface area (Å²) in [5, 5.41) is 14.3. The van der Waals surface area contributed by atoms with Gasteiger partial charge in [-0.05, 0) is 54.4 Å². The van der Waals surface area contributed by atoms with Crippen molar-refractivity contribution < 1.29 is 9.18 Å². The van der Waals surface area contributed by atoms with E-state index in [9.17, 15) is 9.18 Å². The molecule has 1 amide bonds. The maximum atomic E-state index is 13.3. The molecule has 0 unspecified atom stereocenters. The minimum absolute atomic E-state index is 0.0884. The molecule has 0 aliphatic carbocycles. The van der Waals surface area contributed by atoms with Crippen molar-refractivity contribution in [3.63, 3.8) is 0 Å². The molecule has 6 heteroatoms. The van der Waals surface area contributed by atoms with Crippen LogP contribution in [0.3, 0.4) is 0 Å². The molecule has 0 saturated carbocycles. The smallest absolute Gasteiger partial charge is 0.251 e. The van der Waals surface area contributed by atoms with E-state index in [1.54, 1.807) is 36.4 Å². The third-order valence-corrected chi connectivity index (χ3v) is 3.88. The molecule has 2 N–H and O–H groups in total. The van der Waals surface area contributed by atoms with Crippen LogP contribution in [0.5, 0.6) is 0 Å². The zero-order valence-electron chi connectivity index (χ0n) is 15.2. The predicted molar refractivity (Wildman–Crippen MR) is 104 cm³/mol. The maximum Gasteiger partial charge on any atom is 0.251 e. The zero-order valence-corrected chi connectivity index (χ0v) is 15.2. The van der Waals surface area contributed by atoms with Crippen molar-refractivity contribution >= 4 is 17.4 Å². The molecule has 0 bridgehead atoms. The average Bonchev–Trinajstić information content (AvgIpc) is 2.67. The fraction of sp³-hybridized carbons (Fsp3) is 0.190. The molecule has 0 atom stereocenters. The van der Waals surface area contributed by atoms with Gasteiger partial charge in [-0.2, -0.15) is 0 Å². The number of nitrogens with one attached hydrogen (secondary N) is 2. The van der Waals surface area contributed by atoms with Crippen molar-refractivity contribution in [3.8, 4) is 11.3 Å². The monoisotopic (exact) mass is 364 g/mol. The predicted octanol–water partition coefficient (Wildman–Crippen LogP) is 4.41. The lowest BCUT2D eigenvalue weighted by Crippen LogP contribution is -2.27. The van der Waals surface area contributed by atoms with Crippen LogP contribution in [0, 0.1) is 11.7 Å². The Hall–Kier alpha value is -3.28. The Labute approximate surface area is 157 Å². The summed E-state index contributed by atoms with van der Waals surface area (Å²) in [6, 6.07) is 16.9. The van der Waals surface area contributed by atoms with E-state index < -0.39 is 0 Å². The van der Waals surface area contributed by atoms with Crippen LogP contribution in [0.1, 0.15) is 24.2 Å². The van der Waals surface area contributed by atoms with Crippen molar-refractivity contribution in [1.29, 1.82) is 0 Å². The second-order valence-corrected chi connectivity index (χ2v) is 6.62. The molecule has 27 heavy (non-hydrogen) atoms. The van der Waals surface area contributed by atoms with Crippen LogP contribution in [-0.4, -0.2) is 22.6 Å². The molecule has 0 aliphatic heterocycles. The molecule has 138 valence electrons. The zero-order chi connectivity index (χ0) is 19.2. The van der Waals surface area contributed by atoms with Gasteiger partial charge in [0.25, 0.3) is 5.91 Å². The third kappa shape index (κ3) is 5.10. The summed E-state index contributed by atoms with van der Waals surface area (Å²) in [7, 11) is 0. The lowest BCUT2D eigenvalue weighted by atomic mass is 10.1.